The zero-order valence-corrected chi connectivity index (χ0v) is 10.5. The summed E-state index contributed by atoms with van der Waals surface area (Å²) >= 11 is 5.80. The molecular formula is C12H12ClFN2O2. The summed E-state index contributed by atoms with van der Waals surface area (Å²) in [6.45, 7) is 1.77. The summed E-state index contributed by atoms with van der Waals surface area (Å²) in [5, 5.41) is 2.72. The lowest BCUT2D eigenvalue weighted by molar-refractivity contribution is -0.149. The van der Waals surface area contributed by atoms with E-state index in [1.54, 1.807) is 13.0 Å². The molecule has 0 saturated carbocycles. The van der Waals surface area contributed by atoms with Crippen LogP contribution in [0.1, 0.15) is 12.5 Å². The van der Waals surface area contributed by atoms with E-state index in [9.17, 15) is 14.0 Å². The van der Waals surface area contributed by atoms with Crippen molar-refractivity contribution in [1.82, 2.24) is 10.2 Å². The van der Waals surface area contributed by atoms with Crippen molar-refractivity contribution in [2.24, 2.45) is 0 Å². The number of piperazine rings is 1. The minimum absolute atomic E-state index is 0.000278. The quantitative estimate of drug-likeness (QED) is 0.825. The van der Waals surface area contributed by atoms with Crippen LogP contribution in [0.4, 0.5) is 4.39 Å². The van der Waals surface area contributed by atoms with Gasteiger partial charge in [-0.15, -0.1) is 0 Å². The Morgan fingerprint density at radius 2 is 2.22 bits per heavy atom. The Labute approximate surface area is 109 Å². The van der Waals surface area contributed by atoms with Gasteiger partial charge in [-0.05, 0) is 18.6 Å². The molecule has 0 radical (unpaired) electrons. The minimum atomic E-state index is -0.558. The third kappa shape index (κ3) is 2.37. The number of hydrogen-bond acceptors (Lipinski definition) is 3. The first-order valence-corrected chi connectivity index (χ1v) is 5.89. The molecule has 0 bridgehead atoms. The highest BCUT2D eigenvalue weighted by molar-refractivity contribution is 6.31. The summed E-state index contributed by atoms with van der Waals surface area (Å²) in [5.74, 6) is -1.22. The Morgan fingerprint density at radius 1 is 1.50 bits per heavy atom. The van der Waals surface area contributed by atoms with Gasteiger partial charge in [-0.2, -0.15) is 0 Å². The molecule has 1 aliphatic heterocycles. The molecule has 0 spiro atoms. The molecule has 2 amide bonds. The number of halogens is 2. The van der Waals surface area contributed by atoms with E-state index in [-0.39, 0.29) is 29.9 Å². The van der Waals surface area contributed by atoms with Crippen LogP contribution < -0.4 is 5.32 Å². The van der Waals surface area contributed by atoms with Crippen molar-refractivity contribution in [3.8, 4) is 0 Å². The molecule has 1 aromatic rings. The number of carbonyl (C=O) groups is 2. The Balaban J connectivity index is 2.24. The summed E-state index contributed by atoms with van der Waals surface area (Å²) in [6, 6.07) is 3.90. The third-order valence-electron chi connectivity index (χ3n) is 2.86. The Morgan fingerprint density at radius 3 is 2.94 bits per heavy atom. The zero-order valence-electron chi connectivity index (χ0n) is 9.74. The van der Waals surface area contributed by atoms with Gasteiger partial charge in [0.2, 0.25) is 11.8 Å². The molecule has 6 heteroatoms. The maximum absolute atomic E-state index is 13.3. The SMILES string of the molecule is CC1NCC(=O)N(Cc2cccc(F)c2Cl)C1=O. The van der Waals surface area contributed by atoms with Gasteiger partial charge in [-0.3, -0.25) is 19.8 Å². The van der Waals surface area contributed by atoms with Gasteiger partial charge in [0, 0.05) is 0 Å². The molecule has 0 aromatic heterocycles. The van der Waals surface area contributed by atoms with Crippen LogP contribution in [0.3, 0.4) is 0 Å². The predicted octanol–water partition coefficient (Wildman–Crippen LogP) is 1.33. The molecular weight excluding hydrogens is 259 g/mol. The van der Waals surface area contributed by atoms with Gasteiger partial charge in [0.15, 0.2) is 0 Å². The average molecular weight is 271 g/mol. The fourth-order valence-electron chi connectivity index (χ4n) is 1.79. The van der Waals surface area contributed by atoms with Crippen molar-refractivity contribution >= 4 is 23.4 Å². The Bertz CT molecular complexity index is 507. The molecule has 1 saturated heterocycles. The predicted molar refractivity (Wildman–Crippen MR) is 64.4 cm³/mol. The molecule has 2 rings (SSSR count). The van der Waals surface area contributed by atoms with Crippen LogP contribution in [0.25, 0.3) is 0 Å². The van der Waals surface area contributed by atoms with Crippen LogP contribution in [-0.4, -0.2) is 29.3 Å². The van der Waals surface area contributed by atoms with Gasteiger partial charge in [0.1, 0.15) is 5.82 Å². The molecule has 1 N–H and O–H groups in total. The highest BCUT2D eigenvalue weighted by atomic mass is 35.5. The summed E-state index contributed by atoms with van der Waals surface area (Å²) < 4.78 is 13.3. The largest absolute Gasteiger partial charge is 0.298 e. The second-order valence-corrected chi connectivity index (χ2v) is 4.51. The van der Waals surface area contributed by atoms with Crippen LogP contribution in [0.5, 0.6) is 0 Å². The summed E-state index contributed by atoms with van der Waals surface area (Å²) in [4.78, 5) is 24.6. The van der Waals surface area contributed by atoms with Crippen molar-refractivity contribution in [3.63, 3.8) is 0 Å². The first-order valence-electron chi connectivity index (χ1n) is 5.51. The lowest BCUT2D eigenvalue weighted by atomic mass is 10.1. The molecule has 4 nitrogen and oxygen atoms in total. The lowest BCUT2D eigenvalue weighted by Gasteiger charge is -2.29. The summed E-state index contributed by atoms with van der Waals surface area (Å²) in [6.07, 6.45) is 0. The molecule has 0 aliphatic carbocycles. The van der Waals surface area contributed by atoms with Crippen LogP contribution in [0, 0.1) is 5.82 Å². The molecule has 1 unspecified atom stereocenters. The number of imide groups is 1. The molecule has 1 aliphatic rings. The van der Waals surface area contributed by atoms with E-state index in [4.69, 9.17) is 11.6 Å². The third-order valence-corrected chi connectivity index (χ3v) is 3.28. The molecule has 1 fully saturated rings. The van der Waals surface area contributed by atoms with E-state index >= 15 is 0 Å². The lowest BCUT2D eigenvalue weighted by Crippen LogP contribution is -2.56. The fraction of sp³-hybridized carbons (Fsp3) is 0.333. The number of amides is 2. The summed E-state index contributed by atoms with van der Waals surface area (Å²) in [5.41, 5.74) is 0.424. The van der Waals surface area contributed by atoms with Crippen LogP contribution in [0.15, 0.2) is 18.2 Å². The van der Waals surface area contributed by atoms with Crippen molar-refractivity contribution in [2.75, 3.05) is 6.54 Å². The van der Waals surface area contributed by atoms with Gasteiger partial charge in [-0.25, -0.2) is 4.39 Å². The van der Waals surface area contributed by atoms with E-state index < -0.39 is 11.9 Å². The topological polar surface area (TPSA) is 49.4 Å². The maximum Gasteiger partial charge on any atom is 0.246 e. The van der Waals surface area contributed by atoms with Crippen LogP contribution in [0.2, 0.25) is 5.02 Å². The van der Waals surface area contributed by atoms with Crippen molar-refractivity contribution in [1.29, 1.82) is 0 Å². The van der Waals surface area contributed by atoms with Crippen LogP contribution >= 0.6 is 11.6 Å². The smallest absolute Gasteiger partial charge is 0.246 e. The first kappa shape index (κ1) is 13.0. The molecule has 18 heavy (non-hydrogen) atoms. The number of carbonyl (C=O) groups excluding carboxylic acids is 2. The molecule has 1 aromatic carbocycles. The molecule has 1 atom stereocenters. The van der Waals surface area contributed by atoms with Gasteiger partial charge >= 0.3 is 0 Å². The fourth-order valence-corrected chi connectivity index (χ4v) is 1.97. The first-order chi connectivity index (χ1) is 8.50. The Hall–Kier alpha value is -1.46. The number of hydrogen-bond donors (Lipinski definition) is 1. The van der Waals surface area contributed by atoms with Gasteiger partial charge in [0.25, 0.3) is 0 Å². The van der Waals surface area contributed by atoms with E-state index in [0.29, 0.717) is 5.56 Å². The van der Waals surface area contributed by atoms with Crippen molar-refractivity contribution in [2.45, 2.75) is 19.5 Å². The second kappa shape index (κ2) is 5.04. The van der Waals surface area contributed by atoms with E-state index in [2.05, 4.69) is 5.32 Å². The number of nitrogens with one attached hydrogen (secondary N) is 1. The number of nitrogens with zero attached hydrogens (tertiary/aromatic N) is 1. The highest BCUT2D eigenvalue weighted by Crippen LogP contribution is 2.22. The van der Waals surface area contributed by atoms with Gasteiger partial charge in [0.05, 0.1) is 24.2 Å². The van der Waals surface area contributed by atoms with E-state index in [1.165, 1.54) is 12.1 Å². The van der Waals surface area contributed by atoms with Gasteiger partial charge < -0.3 is 0 Å². The zero-order chi connectivity index (χ0) is 13.3. The van der Waals surface area contributed by atoms with Crippen molar-refractivity contribution < 1.29 is 14.0 Å². The standard InChI is InChI=1S/C12H12ClFN2O2/c1-7-12(18)16(10(17)5-15-7)6-8-3-2-4-9(14)11(8)13/h2-4,7,15H,5-6H2,1H3. The number of benzene rings is 1. The minimum Gasteiger partial charge on any atom is -0.298 e. The van der Waals surface area contributed by atoms with E-state index in [1.807, 2.05) is 0 Å². The Kier molecular flexibility index (Phi) is 3.63. The van der Waals surface area contributed by atoms with Crippen molar-refractivity contribution in [3.05, 3.63) is 34.6 Å². The average Bonchev–Trinajstić information content (AvgIpc) is 2.35. The monoisotopic (exact) mass is 270 g/mol. The normalized spacial score (nSPS) is 20.4. The molecule has 1 heterocycles. The second-order valence-electron chi connectivity index (χ2n) is 4.13. The van der Waals surface area contributed by atoms with E-state index in [0.717, 1.165) is 4.90 Å². The van der Waals surface area contributed by atoms with Crippen LogP contribution in [-0.2, 0) is 16.1 Å². The number of rotatable bonds is 2. The highest BCUT2D eigenvalue weighted by Gasteiger charge is 2.31. The summed E-state index contributed by atoms with van der Waals surface area (Å²) in [7, 11) is 0. The van der Waals surface area contributed by atoms with Gasteiger partial charge in [-0.1, -0.05) is 23.7 Å². The molecule has 96 valence electrons. The maximum atomic E-state index is 13.3.